The monoisotopic (exact) mass is 95.0 g/mol. The van der Waals surface area contributed by atoms with Crippen molar-refractivity contribution in [2.45, 2.75) is 0 Å². The molecule has 3 heteroatoms. The van der Waals surface area contributed by atoms with E-state index in [-0.39, 0.29) is 11.4 Å². The van der Waals surface area contributed by atoms with Crippen LogP contribution < -0.4 is 5.73 Å². The van der Waals surface area contributed by atoms with Gasteiger partial charge in [-0.05, 0) is 0 Å². The molecule has 0 unspecified atom stereocenters. The molecule has 0 amide bonds. The summed E-state index contributed by atoms with van der Waals surface area (Å²) in [7, 11) is 0. The second kappa shape index (κ2) is 1.98. The Hall–Kier alpha value is -1.30. The molecule has 0 aromatic heterocycles. The van der Waals surface area contributed by atoms with Crippen LogP contribution in [0.1, 0.15) is 0 Å². The van der Waals surface area contributed by atoms with Gasteiger partial charge in [-0.3, -0.25) is 5.41 Å². The molecule has 0 saturated carbocycles. The van der Waals surface area contributed by atoms with Crippen LogP contribution in [0.25, 0.3) is 0 Å². The zero-order valence-corrected chi connectivity index (χ0v) is 3.73. The normalized spacial score (nSPS) is 6.71. The number of nitriles is 1. The minimum Gasteiger partial charge on any atom is -0.383 e. The van der Waals surface area contributed by atoms with E-state index in [1.807, 2.05) is 0 Å². The molecule has 36 valence electrons. The van der Waals surface area contributed by atoms with Crippen molar-refractivity contribution in [1.82, 2.24) is 0 Å². The summed E-state index contributed by atoms with van der Waals surface area (Å²) in [4.78, 5) is 0. The van der Waals surface area contributed by atoms with Crippen LogP contribution in [0.2, 0.25) is 0 Å². The van der Waals surface area contributed by atoms with Gasteiger partial charge in [-0.2, -0.15) is 5.26 Å². The minimum absolute atomic E-state index is 0.0139. The summed E-state index contributed by atoms with van der Waals surface area (Å²) in [6.07, 6.45) is 0. The standard InChI is InChI=1S/C4H5N3/c1-3(2-5)4(6)7/h1H2,(H3,6,7). The summed E-state index contributed by atoms with van der Waals surface area (Å²) >= 11 is 0. The van der Waals surface area contributed by atoms with E-state index in [0.717, 1.165) is 0 Å². The number of hydrogen-bond donors (Lipinski definition) is 2. The van der Waals surface area contributed by atoms with Gasteiger partial charge in [0.05, 0.1) is 5.57 Å². The highest BCUT2D eigenvalue weighted by atomic mass is 14.7. The fourth-order valence-corrected chi connectivity index (χ4v) is 0.0602. The molecule has 0 aliphatic heterocycles. The molecule has 7 heavy (non-hydrogen) atoms. The van der Waals surface area contributed by atoms with Gasteiger partial charge in [0, 0.05) is 0 Å². The van der Waals surface area contributed by atoms with Crippen molar-refractivity contribution in [3.63, 3.8) is 0 Å². The van der Waals surface area contributed by atoms with Crippen LogP contribution in [0.15, 0.2) is 12.2 Å². The Kier molecular flexibility index (Phi) is 1.61. The van der Waals surface area contributed by atoms with Crippen LogP contribution in [0.4, 0.5) is 0 Å². The molecule has 0 bridgehead atoms. The van der Waals surface area contributed by atoms with Crippen molar-refractivity contribution < 1.29 is 0 Å². The summed E-state index contributed by atoms with van der Waals surface area (Å²) in [5.41, 5.74) is 4.82. The summed E-state index contributed by atoms with van der Waals surface area (Å²) < 4.78 is 0. The van der Waals surface area contributed by atoms with Gasteiger partial charge < -0.3 is 5.73 Å². The Morgan fingerprint density at radius 1 is 1.86 bits per heavy atom. The predicted octanol–water partition coefficient (Wildman–Crippen LogP) is 0.00215. The van der Waals surface area contributed by atoms with Crippen LogP contribution in [0, 0.1) is 16.7 Å². The van der Waals surface area contributed by atoms with Gasteiger partial charge in [-0.1, -0.05) is 6.58 Å². The van der Waals surface area contributed by atoms with Crippen LogP contribution in [0.3, 0.4) is 0 Å². The highest BCUT2D eigenvalue weighted by Gasteiger charge is 1.89. The maximum atomic E-state index is 7.93. The van der Waals surface area contributed by atoms with Gasteiger partial charge in [-0.25, -0.2) is 0 Å². The minimum atomic E-state index is -0.262. The summed E-state index contributed by atoms with van der Waals surface area (Å²) in [6.45, 7) is 3.16. The van der Waals surface area contributed by atoms with Crippen molar-refractivity contribution in [3.05, 3.63) is 12.2 Å². The number of rotatable bonds is 1. The molecule has 3 N–H and O–H groups in total. The molecule has 0 aliphatic carbocycles. The van der Waals surface area contributed by atoms with Gasteiger partial charge in [0.15, 0.2) is 0 Å². The van der Waals surface area contributed by atoms with Gasteiger partial charge in [-0.15, -0.1) is 0 Å². The van der Waals surface area contributed by atoms with Gasteiger partial charge >= 0.3 is 0 Å². The van der Waals surface area contributed by atoms with E-state index in [2.05, 4.69) is 6.58 Å². The predicted molar refractivity (Wildman–Crippen MR) is 26.7 cm³/mol. The Labute approximate surface area is 41.6 Å². The highest BCUT2D eigenvalue weighted by molar-refractivity contribution is 5.97. The van der Waals surface area contributed by atoms with Crippen molar-refractivity contribution in [3.8, 4) is 6.07 Å². The lowest BCUT2D eigenvalue weighted by atomic mass is 10.3. The number of nitrogens with one attached hydrogen (secondary N) is 1. The molecular weight excluding hydrogens is 90.1 g/mol. The third-order valence-electron chi connectivity index (χ3n) is 0.460. The van der Waals surface area contributed by atoms with Gasteiger partial charge in [0.25, 0.3) is 0 Å². The van der Waals surface area contributed by atoms with Crippen molar-refractivity contribution in [2.75, 3.05) is 0 Å². The van der Waals surface area contributed by atoms with Crippen LogP contribution in [-0.2, 0) is 0 Å². The van der Waals surface area contributed by atoms with E-state index in [0.29, 0.717) is 0 Å². The highest BCUT2D eigenvalue weighted by Crippen LogP contribution is 1.79. The second-order valence-electron chi connectivity index (χ2n) is 1.00. The maximum absolute atomic E-state index is 7.93. The number of nitrogens with two attached hydrogens (primary N) is 1. The zero-order chi connectivity index (χ0) is 5.86. The van der Waals surface area contributed by atoms with E-state index in [1.54, 1.807) is 6.07 Å². The van der Waals surface area contributed by atoms with E-state index >= 15 is 0 Å². The smallest absolute Gasteiger partial charge is 0.132 e. The molecule has 0 aromatic rings. The maximum Gasteiger partial charge on any atom is 0.132 e. The first-order valence-electron chi connectivity index (χ1n) is 1.62. The Morgan fingerprint density at radius 2 is 2.29 bits per heavy atom. The molecule has 0 radical (unpaired) electrons. The first-order chi connectivity index (χ1) is 3.18. The first kappa shape index (κ1) is 5.70. The Bertz CT molecular complexity index is 140. The SMILES string of the molecule is C=C(C#N)C(=N)N. The molecule has 0 aliphatic rings. The summed E-state index contributed by atoms with van der Waals surface area (Å²) in [6, 6.07) is 1.62. The number of amidine groups is 1. The number of nitrogens with zero attached hydrogens (tertiary/aromatic N) is 1. The van der Waals surface area contributed by atoms with Crippen molar-refractivity contribution in [2.24, 2.45) is 5.73 Å². The molecule has 0 rings (SSSR count). The van der Waals surface area contributed by atoms with Gasteiger partial charge in [0.2, 0.25) is 0 Å². The average molecular weight is 95.1 g/mol. The topological polar surface area (TPSA) is 73.7 Å². The molecular formula is C4H5N3. The molecule has 0 spiro atoms. The molecule has 3 nitrogen and oxygen atoms in total. The third-order valence-corrected chi connectivity index (χ3v) is 0.460. The second-order valence-corrected chi connectivity index (χ2v) is 1.00. The molecule has 0 fully saturated rings. The van der Waals surface area contributed by atoms with Crippen molar-refractivity contribution in [1.29, 1.82) is 10.7 Å². The largest absolute Gasteiger partial charge is 0.383 e. The van der Waals surface area contributed by atoms with E-state index in [1.165, 1.54) is 0 Å². The molecule has 0 aromatic carbocycles. The number of hydrogen-bond acceptors (Lipinski definition) is 2. The van der Waals surface area contributed by atoms with E-state index < -0.39 is 0 Å². The first-order valence-corrected chi connectivity index (χ1v) is 1.62. The van der Waals surface area contributed by atoms with Crippen LogP contribution in [-0.4, -0.2) is 5.84 Å². The zero-order valence-electron chi connectivity index (χ0n) is 3.73. The lowest BCUT2D eigenvalue weighted by Crippen LogP contribution is -2.10. The fraction of sp³-hybridized carbons (Fsp3) is 0. The Balaban J connectivity index is 3.90. The molecule has 0 heterocycles. The van der Waals surface area contributed by atoms with Crippen molar-refractivity contribution >= 4 is 5.84 Å². The lowest BCUT2D eigenvalue weighted by Gasteiger charge is -1.83. The van der Waals surface area contributed by atoms with E-state index in [4.69, 9.17) is 16.4 Å². The summed E-state index contributed by atoms with van der Waals surface area (Å²) in [5.74, 6) is -0.262. The average Bonchev–Trinajstić information content (AvgIpc) is 1.65. The van der Waals surface area contributed by atoms with Crippen LogP contribution in [0.5, 0.6) is 0 Å². The van der Waals surface area contributed by atoms with Gasteiger partial charge in [0.1, 0.15) is 11.9 Å². The third kappa shape index (κ3) is 1.55. The lowest BCUT2D eigenvalue weighted by molar-refractivity contribution is 1.42. The summed E-state index contributed by atoms with van der Waals surface area (Å²) in [5, 5.41) is 14.5. The molecule has 0 saturated heterocycles. The molecule has 0 atom stereocenters. The quantitative estimate of drug-likeness (QED) is 0.273. The van der Waals surface area contributed by atoms with E-state index in [9.17, 15) is 0 Å². The fourth-order valence-electron chi connectivity index (χ4n) is 0.0602. The van der Waals surface area contributed by atoms with Crippen LogP contribution >= 0.6 is 0 Å². The Morgan fingerprint density at radius 3 is 2.29 bits per heavy atom.